The molecule has 2 aromatic carbocycles. The number of carboxylic acid groups (broad SMARTS) is 1. The Hall–Kier alpha value is -1.52. The van der Waals surface area contributed by atoms with E-state index in [0.717, 1.165) is 5.75 Å². The minimum atomic E-state index is -0.772. The lowest BCUT2D eigenvalue weighted by atomic mass is 10.1. The third-order valence-corrected chi connectivity index (χ3v) is 4.17. The van der Waals surface area contributed by atoms with E-state index in [2.05, 4.69) is 35.6 Å². The minimum Gasteiger partial charge on any atom is -0.480 e. The summed E-state index contributed by atoms with van der Waals surface area (Å²) in [6.45, 7) is 2.60. The van der Waals surface area contributed by atoms with Crippen LogP contribution in [0.3, 0.4) is 0 Å². The SMILES string of the molecule is CCNC(CCSc1ccc2ccccc2c1)C(=O)O. The molecule has 106 valence electrons. The maximum atomic E-state index is 11.0. The Kier molecular flexibility index (Phi) is 5.44. The normalized spacial score (nSPS) is 12.4. The standard InChI is InChI=1S/C16H19NO2S/c1-2-17-15(16(18)19)9-10-20-14-8-7-12-5-3-4-6-13(12)11-14/h3-8,11,15,17H,2,9-10H2,1H3,(H,18,19). The van der Waals surface area contributed by atoms with Crippen molar-refractivity contribution in [1.29, 1.82) is 0 Å². The molecule has 0 bridgehead atoms. The molecule has 0 aliphatic rings. The summed E-state index contributed by atoms with van der Waals surface area (Å²) < 4.78 is 0. The van der Waals surface area contributed by atoms with Gasteiger partial charge in [0.25, 0.3) is 0 Å². The van der Waals surface area contributed by atoms with E-state index in [9.17, 15) is 4.79 Å². The molecule has 4 heteroatoms. The van der Waals surface area contributed by atoms with Crippen LogP contribution in [0.2, 0.25) is 0 Å². The van der Waals surface area contributed by atoms with Crippen LogP contribution in [0, 0.1) is 0 Å². The van der Waals surface area contributed by atoms with Gasteiger partial charge in [-0.05, 0) is 35.9 Å². The number of rotatable bonds is 7. The van der Waals surface area contributed by atoms with Crippen molar-refractivity contribution < 1.29 is 9.90 Å². The summed E-state index contributed by atoms with van der Waals surface area (Å²) in [5, 5.41) is 14.5. The van der Waals surface area contributed by atoms with Gasteiger partial charge >= 0.3 is 5.97 Å². The number of carbonyl (C=O) groups is 1. The van der Waals surface area contributed by atoms with Gasteiger partial charge in [0.05, 0.1) is 0 Å². The summed E-state index contributed by atoms with van der Waals surface area (Å²) in [6.07, 6.45) is 0.626. The average Bonchev–Trinajstić information content (AvgIpc) is 2.46. The number of aliphatic carboxylic acids is 1. The Bertz CT molecular complexity index is 585. The molecule has 0 heterocycles. The highest BCUT2D eigenvalue weighted by Gasteiger charge is 2.15. The van der Waals surface area contributed by atoms with Crippen LogP contribution in [0.15, 0.2) is 47.4 Å². The van der Waals surface area contributed by atoms with Gasteiger partial charge in [-0.15, -0.1) is 11.8 Å². The summed E-state index contributed by atoms with van der Waals surface area (Å²) in [5.41, 5.74) is 0. The first-order chi connectivity index (χ1) is 9.70. The van der Waals surface area contributed by atoms with Crippen LogP contribution in [0.4, 0.5) is 0 Å². The molecular weight excluding hydrogens is 270 g/mol. The van der Waals surface area contributed by atoms with Crippen LogP contribution in [-0.2, 0) is 4.79 Å². The lowest BCUT2D eigenvalue weighted by molar-refractivity contribution is -0.139. The molecule has 0 saturated heterocycles. The van der Waals surface area contributed by atoms with Crippen LogP contribution in [0.25, 0.3) is 10.8 Å². The van der Waals surface area contributed by atoms with Crippen molar-refractivity contribution in [2.75, 3.05) is 12.3 Å². The molecule has 1 unspecified atom stereocenters. The first kappa shape index (κ1) is 14.9. The number of hydrogen-bond donors (Lipinski definition) is 2. The third kappa shape index (κ3) is 3.99. The zero-order valence-corrected chi connectivity index (χ0v) is 12.3. The summed E-state index contributed by atoms with van der Waals surface area (Å²) in [4.78, 5) is 12.2. The van der Waals surface area contributed by atoms with Gasteiger partial charge in [0.15, 0.2) is 0 Å². The van der Waals surface area contributed by atoms with Crippen molar-refractivity contribution >= 4 is 28.5 Å². The van der Waals surface area contributed by atoms with Crippen molar-refractivity contribution in [3.63, 3.8) is 0 Å². The number of carboxylic acids is 1. The van der Waals surface area contributed by atoms with Crippen molar-refractivity contribution in [3.05, 3.63) is 42.5 Å². The molecule has 0 amide bonds. The second-order valence-electron chi connectivity index (χ2n) is 4.59. The van der Waals surface area contributed by atoms with Gasteiger partial charge in [-0.3, -0.25) is 4.79 Å². The van der Waals surface area contributed by atoms with Crippen molar-refractivity contribution in [2.24, 2.45) is 0 Å². The Morgan fingerprint density at radius 3 is 2.70 bits per heavy atom. The molecular formula is C16H19NO2S. The maximum absolute atomic E-state index is 11.0. The highest BCUT2D eigenvalue weighted by molar-refractivity contribution is 7.99. The molecule has 0 aliphatic heterocycles. The van der Waals surface area contributed by atoms with Gasteiger partial charge in [0.1, 0.15) is 6.04 Å². The lowest BCUT2D eigenvalue weighted by Gasteiger charge is -2.12. The Balaban J connectivity index is 1.93. The molecule has 0 fully saturated rings. The van der Waals surface area contributed by atoms with E-state index in [1.807, 2.05) is 19.1 Å². The number of thioether (sulfide) groups is 1. The Labute approximate surface area is 123 Å². The summed E-state index contributed by atoms with van der Waals surface area (Å²) in [5.74, 6) is 0.0217. The third-order valence-electron chi connectivity index (χ3n) is 3.14. The van der Waals surface area contributed by atoms with E-state index < -0.39 is 12.0 Å². The lowest BCUT2D eigenvalue weighted by Crippen LogP contribution is -2.36. The summed E-state index contributed by atoms with van der Waals surface area (Å²) in [7, 11) is 0. The average molecular weight is 289 g/mol. The molecule has 0 aromatic heterocycles. The van der Waals surface area contributed by atoms with Crippen molar-refractivity contribution in [3.8, 4) is 0 Å². The fraction of sp³-hybridized carbons (Fsp3) is 0.312. The maximum Gasteiger partial charge on any atom is 0.320 e. The van der Waals surface area contributed by atoms with Crippen LogP contribution in [-0.4, -0.2) is 29.4 Å². The molecule has 2 aromatic rings. The molecule has 0 spiro atoms. The molecule has 2 rings (SSSR count). The molecule has 0 radical (unpaired) electrons. The van der Waals surface area contributed by atoms with Crippen molar-refractivity contribution in [1.82, 2.24) is 5.32 Å². The number of nitrogens with one attached hydrogen (secondary N) is 1. The van der Waals surface area contributed by atoms with Gasteiger partial charge in [-0.1, -0.05) is 37.3 Å². The predicted molar refractivity (Wildman–Crippen MR) is 84.4 cm³/mol. The molecule has 3 nitrogen and oxygen atoms in total. The van der Waals surface area contributed by atoms with E-state index in [4.69, 9.17) is 5.11 Å². The first-order valence-electron chi connectivity index (χ1n) is 6.78. The Morgan fingerprint density at radius 1 is 1.25 bits per heavy atom. The summed E-state index contributed by atoms with van der Waals surface area (Å²) in [6, 6.07) is 14.2. The molecule has 1 atom stereocenters. The predicted octanol–water partition coefficient (Wildman–Crippen LogP) is 3.38. The van der Waals surface area contributed by atoms with Gasteiger partial charge in [0.2, 0.25) is 0 Å². The van der Waals surface area contributed by atoms with Gasteiger partial charge < -0.3 is 10.4 Å². The summed E-state index contributed by atoms with van der Waals surface area (Å²) >= 11 is 1.70. The first-order valence-corrected chi connectivity index (χ1v) is 7.77. The van der Waals surface area contributed by atoms with Gasteiger partial charge in [0, 0.05) is 10.6 Å². The smallest absolute Gasteiger partial charge is 0.320 e. The van der Waals surface area contributed by atoms with Gasteiger partial charge in [-0.25, -0.2) is 0 Å². The monoisotopic (exact) mass is 289 g/mol. The van der Waals surface area contributed by atoms with Crippen LogP contribution < -0.4 is 5.32 Å². The Morgan fingerprint density at radius 2 is 2.00 bits per heavy atom. The van der Waals surface area contributed by atoms with Crippen LogP contribution in [0.5, 0.6) is 0 Å². The number of benzene rings is 2. The topological polar surface area (TPSA) is 49.3 Å². The number of likely N-dealkylation sites (N-methyl/N-ethyl adjacent to an activating group) is 1. The van der Waals surface area contributed by atoms with Crippen LogP contribution >= 0.6 is 11.8 Å². The fourth-order valence-corrected chi connectivity index (χ4v) is 3.07. The molecule has 0 saturated carbocycles. The minimum absolute atomic E-state index is 0.451. The molecule has 0 aliphatic carbocycles. The zero-order valence-electron chi connectivity index (χ0n) is 11.5. The number of fused-ring (bicyclic) bond motifs is 1. The quantitative estimate of drug-likeness (QED) is 0.767. The van der Waals surface area contributed by atoms with Crippen molar-refractivity contribution in [2.45, 2.75) is 24.3 Å². The highest BCUT2D eigenvalue weighted by Crippen LogP contribution is 2.24. The van der Waals surface area contributed by atoms with E-state index in [1.165, 1.54) is 15.7 Å². The molecule has 20 heavy (non-hydrogen) atoms. The molecule has 2 N–H and O–H groups in total. The van der Waals surface area contributed by atoms with E-state index in [0.29, 0.717) is 13.0 Å². The van der Waals surface area contributed by atoms with E-state index in [-0.39, 0.29) is 0 Å². The highest BCUT2D eigenvalue weighted by atomic mass is 32.2. The van der Waals surface area contributed by atoms with Gasteiger partial charge in [-0.2, -0.15) is 0 Å². The fourth-order valence-electron chi connectivity index (χ4n) is 2.11. The van der Waals surface area contributed by atoms with E-state index in [1.54, 1.807) is 11.8 Å². The zero-order chi connectivity index (χ0) is 14.4. The second kappa shape index (κ2) is 7.31. The van der Waals surface area contributed by atoms with E-state index >= 15 is 0 Å². The van der Waals surface area contributed by atoms with Crippen LogP contribution in [0.1, 0.15) is 13.3 Å². The second-order valence-corrected chi connectivity index (χ2v) is 5.76. The largest absolute Gasteiger partial charge is 0.480 e. The number of hydrogen-bond acceptors (Lipinski definition) is 3.